The summed E-state index contributed by atoms with van der Waals surface area (Å²) in [4.78, 5) is 4.65. The normalized spacial score (nSPS) is 11.0. The first-order chi connectivity index (χ1) is 12.2. The van der Waals surface area contributed by atoms with Crippen LogP contribution in [0.4, 0.5) is 0 Å². The van der Waals surface area contributed by atoms with Crippen molar-refractivity contribution in [3.63, 3.8) is 0 Å². The molecule has 26 heavy (non-hydrogen) atoms. The van der Waals surface area contributed by atoms with Gasteiger partial charge < -0.3 is 19.9 Å². The van der Waals surface area contributed by atoms with Crippen LogP contribution in [-0.2, 0) is 19.5 Å². The van der Waals surface area contributed by atoms with Crippen molar-refractivity contribution < 1.29 is 9.26 Å². The van der Waals surface area contributed by atoms with Crippen molar-refractivity contribution in [1.82, 2.24) is 15.8 Å². The summed E-state index contributed by atoms with van der Waals surface area (Å²) in [7, 11) is 0. The highest BCUT2D eigenvalue weighted by atomic mass is 127. The van der Waals surface area contributed by atoms with E-state index < -0.39 is 0 Å². The lowest BCUT2D eigenvalue weighted by Crippen LogP contribution is -2.36. The second-order valence-electron chi connectivity index (χ2n) is 5.73. The van der Waals surface area contributed by atoms with E-state index in [2.05, 4.69) is 52.8 Å². The molecule has 0 saturated carbocycles. The molecule has 0 amide bonds. The van der Waals surface area contributed by atoms with Gasteiger partial charge in [0.2, 0.25) is 0 Å². The molecule has 2 aromatic rings. The molecule has 0 aliphatic carbocycles. The van der Waals surface area contributed by atoms with Gasteiger partial charge in [0.15, 0.2) is 11.7 Å². The van der Waals surface area contributed by atoms with Crippen LogP contribution in [-0.4, -0.2) is 24.3 Å². The number of rotatable bonds is 8. The number of benzene rings is 1. The van der Waals surface area contributed by atoms with Crippen LogP contribution in [0.5, 0.6) is 5.75 Å². The molecule has 7 heteroatoms. The Morgan fingerprint density at radius 2 is 2.00 bits per heavy atom. The predicted molar refractivity (Wildman–Crippen MR) is 115 cm³/mol. The molecule has 0 saturated heterocycles. The van der Waals surface area contributed by atoms with Crippen molar-refractivity contribution in [2.75, 3.05) is 13.2 Å². The first kappa shape index (κ1) is 22.3. The van der Waals surface area contributed by atoms with Crippen LogP contribution < -0.4 is 15.4 Å². The second-order valence-corrected chi connectivity index (χ2v) is 5.73. The Balaban J connectivity index is 0.00000338. The monoisotopic (exact) mass is 472 g/mol. The van der Waals surface area contributed by atoms with Crippen LogP contribution in [0.2, 0.25) is 0 Å². The Labute approximate surface area is 172 Å². The van der Waals surface area contributed by atoms with Gasteiger partial charge in [-0.25, -0.2) is 4.99 Å². The molecule has 1 aromatic heterocycles. The molecule has 0 bridgehead atoms. The maximum absolute atomic E-state index is 5.72. The molecule has 1 heterocycles. The summed E-state index contributed by atoms with van der Waals surface area (Å²) in [5.74, 6) is 2.43. The van der Waals surface area contributed by atoms with E-state index in [1.807, 2.05) is 19.9 Å². The molecule has 0 unspecified atom stereocenters. The highest BCUT2D eigenvalue weighted by Crippen LogP contribution is 2.21. The van der Waals surface area contributed by atoms with Crippen molar-refractivity contribution in [2.45, 2.75) is 47.2 Å². The predicted octanol–water partition coefficient (Wildman–Crippen LogP) is 3.82. The topological polar surface area (TPSA) is 71.7 Å². The number of guanidine groups is 1. The number of ether oxygens (including phenoxy) is 1. The Morgan fingerprint density at radius 3 is 2.65 bits per heavy atom. The minimum atomic E-state index is 0. The summed E-state index contributed by atoms with van der Waals surface area (Å²) in [5.41, 5.74) is 3.20. The standard InChI is InChI=1S/C19H28N4O2.HI/c1-5-16-11-17(25-23-16)13-22-19(20-6-2)21-12-15-9-8-14(4)10-18(15)24-7-3;/h8-11H,5-7,12-13H2,1-4H3,(H2,20,21,22);1H. The lowest BCUT2D eigenvalue weighted by atomic mass is 10.1. The van der Waals surface area contributed by atoms with E-state index in [1.165, 1.54) is 5.56 Å². The molecule has 0 atom stereocenters. The molecule has 0 fully saturated rings. The highest BCUT2D eigenvalue weighted by Gasteiger charge is 2.06. The maximum atomic E-state index is 5.72. The number of aromatic nitrogens is 1. The van der Waals surface area contributed by atoms with Gasteiger partial charge in [-0.15, -0.1) is 24.0 Å². The van der Waals surface area contributed by atoms with E-state index in [-0.39, 0.29) is 24.0 Å². The van der Waals surface area contributed by atoms with Crippen LogP contribution in [0.1, 0.15) is 43.4 Å². The number of nitrogens with zero attached hydrogens (tertiary/aromatic N) is 2. The molecule has 0 radical (unpaired) electrons. The van der Waals surface area contributed by atoms with Gasteiger partial charge in [-0.1, -0.05) is 24.2 Å². The van der Waals surface area contributed by atoms with Gasteiger partial charge in [-0.05, 0) is 38.8 Å². The first-order valence-corrected chi connectivity index (χ1v) is 8.85. The first-order valence-electron chi connectivity index (χ1n) is 8.85. The molecular formula is C19H29IN4O2. The smallest absolute Gasteiger partial charge is 0.191 e. The van der Waals surface area contributed by atoms with Gasteiger partial charge in [0.1, 0.15) is 5.75 Å². The summed E-state index contributed by atoms with van der Waals surface area (Å²) in [6.45, 7) is 10.7. The van der Waals surface area contributed by atoms with Gasteiger partial charge in [0, 0.05) is 18.2 Å². The van der Waals surface area contributed by atoms with E-state index in [0.29, 0.717) is 19.7 Å². The van der Waals surface area contributed by atoms with E-state index in [0.717, 1.165) is 41.7 Å². The van der Waals surface area contributed by atoms with Crippen molar-refractivity contribution in [3.05, 3.63) is 46.8 Å². The Bertz CT molecular complexity index is 701. The summed E-state index contributed by atoms with van der Waals surface area (Å²) in [5, 5.41) is 10.5. The molecular weight excluding hydrogens is 443 g/mol. The van der Waals surface area contributed by atoms with Gasteiger partial charge in [0.05, 0.1) is 25.4 Å². The molecule has 2 rings (SSSR count). The zero-order valence-electron chi connectivity index (χ0n) is 16.0. The van der Waals surface area contributed by atoms with Gasteiger partial charge in [-0.2, -0.15) is 0 Å². The molecule has 1 aromatic carbocycles. The minimum Gasteiger partial charge on any atom is -0.494 e. The van der Waals surface area contributed by atoms with Crippen LogP contribution in [0.25, 0.3) is 0 Å². The number of aliphatic imine (C=N–C) groups is 1. The van der Waals surface area contributed by atoms with Crippen LogP contribution in [0.3, 0.4) is 0 Å². The Kier molecular flexibility index (Phi) is 10.1. The fourth-order valence-electron chi connectivity index (χ4n) is 2.36. The van der Waals surface area contributed by atoms with Crippen molar-refractivity contribution >= 4 is 29.9 Å². The minimum absolute atomic E-state index is 0. The molecule has 0 aliphatic rings. The zero-order valence-corrected chi connectivity index (χ0v) is 18.3. The van der Waals surface area contributed by atoms with Crippen LogP contribution in [0.15, 0.2) is 33.8 Å². The Morgan fingerprint density at radius 1 is 1.19 bits per heavy atom. The molecule has 0 aliphatic heterocycles. The summed E-state index contributed by atoms with van der Waals surface area (Å²) < 4.78 is 11.0. The fraction of sp³-hybridized carbons (Fsp3) is 0.474. The third-order valence-electron chi connectivity index (χ3n) is 3.67. The SMILES string of the molecule is CCNC(=NCc1ccc(C)cc1OCC)NCc1cc(CC)no1.I. The van der Waals surface area contributed by atoms with Gasteiger partial charge in [0.25, 0.3) is 0 Å². The Hall–Kier alpha value is -1.77. The number of aryl methyl sites for hydroxylation is 2. The number of nitrogens with one attached hydrogen (secondary N) is 2. The number of halogens is 1. The van der Waals surface area contributed by atoms with Crippen LogP contribution in [0, 0.1) is 6.92 Å². The maximum Gasteiger partial charge on any atom is 0.191 e. The van der Waals surface area contributed by atoms with E-state index in [4.69, 9.17) is 9.26 Å². The van der Waals surface area contributed by atoms with Crippen molar-refractivity contribution in [1.29, 1.82) is 0 Å². The van der Waals surface area contributed by atoms with E-state index in [9.17, 15) is 0 Å². The second kappa shape index (κ2) is 11.8. The molecule has 6 nitrogen and oxygen atoms in total. The third-order valence-corrected chi connectivity index (χ3v) is 3.67. The highest BCUT2D eigenvalue weighted by molar-refractivity contribution is 14.0. The zero-order chi connectivity index (χ0) is 18.1. The van der Waals surface area contributed by atoms with Crippen molar-refractivity contribution in [3.8, 4) is 5.75 Å². The largest absolute Gasteiger partial charge is 0.494 e. The lowest BCUT2D eigenvalue weighted by Gasteiger charge is -2.12. The fourth-order valence-corrected chi connectivity index (χ4v) is 2.36. The van der Waals surface area contributed by atoms with Gasteiger partial charge in [-0.3, -0.25) is 0 Å². The average molecular weight is 472 g/mol. The van der Waals surface area contributed by atoms with Gasteiger partial charge >= 0.3 is 0 Å². The average Bonchev–Trinajstić information content (AvgIpc) is 3.07. The number of hydrogen-bond acceptors (Lipinski definition) is 4. The van der Waals surface area contributed by atoms with E-state index >= 15 is 0 Å². The number of hydrogen-bond donors (Lipinski definition) is 2. The quantitative estimate of drug-likeness (QED) is 0.347. The molecule has 144 valence electrons. The summed E-state index contributed by atoms with van der Waals surface area (Å²) in [6.07, 6.45) is 0.866. The van der Waals surface area contributed by atoms with E-state index in [1.54, 1.807) is 0 Å². The molecule has 2 N–H and O–H groups in total. The van der Waals surface area contributed by atoms with Crippen molar-refractivity contribution in [2.24, 2.45) is 4.99 Å². The molecule has 0 spiro atoms. The third kappa shape index (κ3) is 6.86. The summed E-state index contributed by atoms with van der Waals surface area (Å²) in [6, 6.07) is 8.16. The summed E-state index contributed by atoms with van der Waals surface area (Å²) >= 11 is 0. The lowest BCUT2D eigenvalue weighted by molar-refractivity contribution is 0.336. The van der Waals surface area contributed by atoms with Crippen LogP contribution >= 0.6 is 24.0 Å².